The van der Waals surface area contributed by atoms with Crippen LogP contribution in [0.4, 0.5) is 11.9 Å². The molecule has 0 fully saturated rings. The second kappa shape index (κ2) is 7.09. The van der Waals surface area contributed by atoms with E-state index in [9.17, 15) is 0 Å². The molecular weight excluding hydrogens is 323 g/mol. The lowest BCUT2D eigenvalue weighted by molar-refractivity contribution is 0.558. The van der Waals surface area contributed by atoms with Crippen molar-refractivity contribution in [2.24, 2.45) is 0 Å². The van der Waals surface area contributed by atoms with Gasteiger partial charge >= 0.3 is 0 Å². The summed E-state index contributed by atoms with van der Waals surface area (Å²) in [6, 6.07) is 5.45. The van der Waals surface area contributed by atoms with E-state index in [1.165, 1.54) is 0 Å². The molecule has 2 rings (SSSR count). The summed E-state index contributed by atoms with van der Waals surface area (Å²) >= 11 is 12.1. The maximum atomic E-state index is 6.21. The molecule has 22 heavy (non-hydrogen) atoms. The van der Waals surface area contributed by atoms with E-state index in [2.05, 4.69) is 20.3 Å². The normalized spacial score (nSPS) is 12.2. The highest BCUT2D eigenvalue weighted by molar-refractivity contribution is 6.35. The van der Waals surface area contributed by atoms with Crippen LogP contribution in [0.3, 0.4) is 0 Å². The first kappa shape index (κ1) is 16.7. The van der Waals surface area contributed by atoms with Gasteiger partial charge in [-0.25, -0.2) is 0 Å². The zero-order valence-electron chi connectivity index (χ0n) is 12.6. The van der Waals surface area contributed by atoms with Gasteiger partial charge in [-0.1, -0.05) is 29.3 Å². The number of nitrogens with one attached hydrogen (secondary N) is 1. The SMILES string of the molecule is C[C@H](NCc1nc(N)nc(N(C)C)n1)c1ccc(Cl)cc1Cl. The summed E-state index contributed by atoms with van der Waals surface area (Å²) < 4.78 is 0. The van der Waals surface area contributed by atoms with Gasteiger partial charge in [0.15, 0.2) is 0 Å². The van der Waals surface area contributed by atoms with Gasteiger partial charge in [-0.3, -0.25) is 0 Å². The number of hydrogen-bond acceptors (Lipinski definition) is 6. The molecule has 0 aliphatic rings. The van der Waals surface area contributed by atoms with Crippen molar-refractivity contribution in [3.8, 4) is 0 Å². The predicted octanol–water partition coefficient (Wildman–Crippen LogP) is 2.68. The molecule has 0 amide bonds. The maximum Gasteiger partial charge on any atom is 0.229 e. The predicted molar refractivity (Wildman–Crippen MR) is 90.3 cm³/mol. The topological polar surface area (TPSA) is 80.0 Å². The fourth-order valence-electron chi connectivity index (χ4n) is 1.91. The van der Waals surface area contributed by atoms with Gasteiger partial charge < -0.3 is 16.0 Å². The molecule has 0 saturated carbocycles. The number of nitrogens with zero attached hydrogens (tertiary/aromatic N) is 4. The van der Waals surface area contributed by atoms with E-state index >= 15 is 0 Å². The van der Waals surface area contributed by atoms with Crippen LogP contribution in [0, 0.1) is 0 Å². The van der Waals surface area contributed by atoms with E-state index in [1.807, 2.05) is 33.2 Å². The average molecular weight is 341 g/mol. The molecular formula is C14H18Cl2N6. The van der Waals surface area contributed by atoms with Crippen LogP contribution in [0.1, 0.15) is 24.4 Å². The van der Waals surface area contributed by atoms with Crippen LogP contribution >= 0.6 is 23.2 Å². The number of nitrogen functional groups attached to an aromatic ring is 1. The third-order valence-corrected chi connectivity index (χ3v) is 3.65. The highest BCUT2D eigenvalue weighted by atomic mass is 35.5. The van der Waals surface area contributed by atoms with E-state index in [1.54, 1.807) is 11.0 Å². The van der Waals surface area contributed by atoms with Gasteiger partial charge in [0.05, 0.1) is 6.54 Å². The summed E-state index contributed by atoms with van der Waals surface area (Å²) in [5.41, 5.74) is 6.66. The summed E-state index contributed by atoms with van der Waals surface area (Å²) in [6.45, 7) is 2.46. The summed E-state index contributed by atoms with van der Waals surface area (Å²) in [7, 11) is 3.70. The van der Waals surface area contributed by atoms with Gasteiger partial charge in [0.2, 0.25) is 11.9 Å². The average Bonchev–Trinajstić information content (AvgIpc) is 2.44. The second-order valence-corrected chi connectivity index (χ2v) is 5.92. The lowest BCUT2D eigenvalue weighted by atomic mass is 10.1. The minimum absolute atomic E-state index is 0.0190. The first-order valence-electron chi connectivity index (χ1n) is 6.73. The summed E-state index contributed by atoms with van der Waals surface area (Å²) in [4.78, 5) is 14.3. The summed E-state index contributed by atoms with van der Waals surface area (Å²) in [6.07, 6.45) is 0. The fraction of sp³-hybridized carbons (Fsp3) is 0.357. The Labute approximate surface area is 139 Å². The van der Waals surface area contributed by atoms with Crippen molar-refractivity contribution in [3.63, 3.8) is 0 Å². The standard InChI is InChI=1S/C14H18Cl2N6/c1-8(10-5-4-9(15)6-11(10)16)18-7-12-19-13(17)21-14(20-12)22(2)3/h4-6,8,18H,7H2,1-3H3,(H2,17,19,20,21)/t8-/m0/s1. The van der Waals surface area contributed by atoms with Crippen LogP contribution < -0.4 is 16.0 Å². The van der Waals surface area contributed by atoms with Crippen molar-refractivity contribution >= 4 is 35.1 Å². The van der Waals surface area contributed by atoms with Crippen LogP contribution in [-0.2, 0) is 6.54 Å². The molecule has 1 aromatic carbocycles. The van der Waals surface area contributed by atoms with Crippen LogP contribution in [0.2, 0.25) is 10.0 Å². The van der Waals surface area contributed by atoms with Crippen LogP contribution in [-0.4, -0.2) is 29.0 Å². The molecule has 0 aliphatic carbocycles. The highest BCUT2D eigenvalue weighted by Crippen LogP contribution is 2.26. The molecule has 8 heteroatoms. The lowest BCUT2D eigenvalue weighted by Crippen LogP contribution is -2.22. The van der Waals surface area contributed by atoms with Crippen molar-refractivity contribution in [1.82, 2.24) is 20.3 Å². The molecule has 6 nitrogen and oxygen atoms in total. The number of anilines is 2. The first-order valence-corrected chi connectivity index (χ1v) is 7.48. The molecule has 3 N–H and O–H groups in total. The Hall–Kier alpha value is -1.63. The van der Waals surface area contributed by atoms with Gasteiger partial charge in [0, 0.05) is 30.2 Å². The number of aromatic nitrogens is 3. The molecule has 0 bridgehead atoms. The van der Waals surface area contributed by atoms with Crippen molar-refractivity contribution in [1.29, 1.82) is 0 Å². The zero-order valence-corrected chi connectivity index (χ0v) is 14.2. The van der Waals surface area contributed by atoms with E-state index in [0.717, 1.165) is 5.56 Å². The molecule has 1 atom stereocenters. The second-order valence-electron chi connectivity index (χ2n) is 5.07. The summed E-state index contributed by atoms with van der Waals surface area (Å²) in [5, 5.41) is 4.55. The van der Waals surface area contributed by atoms with Crippen molar-refractivity contribution < 1.29 is 0 Å². The number of nitrogens with two attached hydrogens (primary N) is 1. The molecule has 2 aromatic rings. The fourth-order valence-corrected chi connectivity index (χ4v) is 2.48. The minimum Gasteiger partial charge on any atom is -0.368 e. The molecule has 0 unspecified atom stereocenters. The third-order valence-electron chi connectivity index (χ3n) is 3.08. The first-order chi connectivity index (χ1) is 10.4. The number of benzene rings is 1. The molecule has 118 valence electrons. The molecule has 0 aliphatic heterocycles. The Morgan fingerprint density at radius 3 is 2.59 bits per heavy atom. The van der Waals surface area contributed by atoms with Crippen molar-refractivity contribution in [2.75, 3.05) is 24.7 Å². The summed E-state index contributed by atoms with van der Waals surface area (Å²) in [5.74, 6) is 1.31. The molecule has 0 radical (unpaired) electrons. The largest absolute Gasteiger partial charge is 0.368 e. The Bertz CT molecular complexity index is 662. The molecule has 1 aromatic heterocycles. The van der Waals surface area contributed by atoms with Gasteiger partial charge in [-0.15, -0.1) is 0 Å². The number of rotatable bonds is 5. The van der Waals surface area contributed by atoms with Crippen LogP contribution in [0.25, 0.3) is 0 Å². The zero-order chi connectivity index (χ0) is 16.3. The number of halogens is 2. The lowest BCUT2D eigenvalue weighted by Gasteiger charge is -2.16. The smallest absolute Gasteiger partial charge is 0.229 e. The monoisotopic (exact) mass is 340 g/mol. The molecule has 0 spiro atoms. The van der Waals surface area contributed by atoms with Gasteiger partial charge in [0.25, 0.3) is 0 Å². The quantitative estimate of drug-likeness (QED) is 0.870. The Balaban J connectivity index is 2.09. The Kier molecular flexibility index (Phi) is 5.39. The van der Waals surface area contributed by atoms with Crippen LogP contribution in [0.15, 0.2) is 18.2 Å². The van der Waals surface area contributed by atoms with Gasteiger partial charge in [0.1, 0.15) is 5.82 Å². The van der Waals surface area contributed by atoms with Crippen LogP contribution in [0.5, 0.6) is 0 Å². The van der Waals surface area contributed by atoms with Gasteiger partial charge in [-0.2, -0.15) is 15.0 Å². The highest BCUT2D eigenvalue weighted by Gasteiger charge is 2.12. The van der Waals surface area contributed by atoms with Crippen molar-refractivity contribution in [3.05, 3.63) is 39.6 Å². The minimum atomic E-state index is 0.0190. The Morgan fingerprint density at radius 1 is 1.23 bits per heavy atom. The number of hydrogen-bond donors (Lipinski definition) is 2. The van der Waals surface area contributed by atoms with E-state index in [0.29, 0.717) is 28.4 Å². The maximum absolute atomic E-state index is 6.21. The van der Waals surface area contributed by atoms with E-state index in [4.69, 9.17) is 28.9 Å². The molecule has 1 heterocycles. The molecule has 0 saturated heterocycles. The van der Waals surface area contributed by atoms with Gasteiger partial charge in [-0.05, 0) is 24.6 Å². The van der Waals surface area contributed by atoms with E-state index in [-0.39, 0.29) is 12.0 Å². The van der Waals surface area contributed by atoms with E-state index < -0.39 is 0 Å². The third kappa shape index (κ3) is 4.19. The van der Waals surface area contributed by atoms with Crippen molar-refractivity contribution in [2.45, 2.75) is 19.5 Å². The Morgan fingerprint density at radius 2 is 1.95 bits per heavy atom.